The molecular formula is C20H23N3O5S. The zero-order valence-corrected chi connectivity index (χ0v) is 17.2. The molecule has 0 saturated carbocycles. The van der Waals surface area contributed by atoms with E-state index in [-0.39, 0.29) is 24.0 Å². The lowest BCUT2D eigenvalue weighted by atomic mass is 10.1. The fraction of sp³-hybridized carbons (Fsp3) is 0.300. The van der Waals surface area contributed by atoms with Crippen LogP contribution >= 0.6 is 0 Å². The van der Waals surface area contributed by atoms with Crippen molar-refractivity contribution in [2.75, 3.05) is 23.4 Å². The Kier molecular flexibility index (Phi) is 5.63. The molecule has 154 valence electrons. The number of carbonyl (C=O) groups is 2. The molecule has 8 nitrogen and oxygen atoms in total. The maximum atomic E-state index is 12.5. The average Bonchev–Trinajstić information content (AvgIpc) is 2.62. The van der Waals surface area contributed by atoms with Crippen LogP contribution in [-0.2, 0) is 19.6 Å². The lowest BCUT2D eigenvalue weighted by molar-refractivity contribution is -0.123. The van der Waals surface area contributed by atoms with Gasteiger partial charge in [0.05, 0.1) is 10.6 Å². The van der Waals surface area contributed by atoms with E-state index in [1.807, 2.05) is 0 Å². The quantitative estimate of drug-likeness (QED) is 0.775. The zero-order chi connectivity index (χ0) is 21.2. The van der Waals surface area contributed by atoms with Crippen molar-refractivity contribution in [3.05, 3.63) is 48.5 Å². The molecule has 0 saturated heterocycles. The second-order valence-corrected chi connectivity index (χ2v) is 9.35. The molecule has 0 bridgehead atoms. The predicted molar refractivity (Wildman–Crippen MR) is 109 cm³/mol. The van der Waals surface area contributed by atoms with Crippen LogP contribution in [0, 0.1) is 0 Å². The predicted octanol–water partition coefficient (Wildman–Crippen LogP) is 2.13. The van der Waals surface area contributed by atoms with Crippen molar-refractivity contribution in [3.63, 3.8) is 0 Å². The lowest BCUT2D eigenvalue weighted by Crippen LogP contribution is -2.43. The third kappa shape index (κ3) is 5.12. The fourth-order valence-electron chi connectivity index (χ4n) is 2.87. The first-order valence-corrected chi connectivity index (χ1v) is 10.5. The number of fused-ring (bicyclic) bond motifs is 1. The lowest BCUT2D eigenvalue weighted by Gasteiger charge is -2.28. The Bertz CT molecular complexity index is 1040. The number of nitrogens with zero attached hydrogens (tertiary/aromatic N) is 1. The largest absolute Gasteiger partial charge is 0.482 e. The number of nitrogens with one attached hydrogen (secondary N) is 2. The summed E-state index contributed by atoms with van der Waals surface area (Å²) in [5, 5.41) is 2.65. The van der Waals surface area contributed by atoms with Gasteiger partial charge in [0.25, 0.3) is 5.91 Å². The van der Waals surface area contributed by atoms with Crippen LogP contribution in [0.15, 0.2) is 53.4 Å². The van der Waals surface area contributed by atoms with Gasteiger partial charge in [0.2, 0.25) is 15.9 Å². The van der Waals surface area contributed by atoms with Gasteiger partial charge in [-0.05, 0) is 51.1 Å². The average molecular weight is 417 g/mol. The van der Waals surface area contributed by atoms with E-state index in [9.17, 15) is 18.0 Å². The van der Waals surface area contributed by atoms with Crippen LogP contribution < -0.4 is 19.7 Å². The highest BCUT2D eigenvalue weighted by Gasteiger charge is 2.27. The van der Waals surface area contributed by atoms with Crippen molar-refractivity contribution in [2.45, 2.75) is 31.2 Å². The van der Waals surface area contributed by atoms with Gasteiger partial charge < -0.3 is 10.1 Å². The van der Waals surface area contributed by atoms with E-state index in [2.05, 4.69) is 10.0 Å². The molecule has 9 heteroatoms. The van der Waals surface area contributed by atoms with Crippen molar-refractivity contribution in [3.8, 4) is 5.75 Å². The number of anilines is 2. The molecule has 2 N–H and O–H groups in total. The van der Waals surface area contributed by atoms with Crippen molar-refractivity contribution in [1.82, 2.24) is 4.72 Å². The second kappa shape index (κ2) is 7.84. The van der Waals surface area contributed by atoms with E-state index >= 15 is 0 Å². The molecule has 2 aromatic carbocycles. The van der Waals surface area contributed by atoms with E-state index in [1.165, 1.54) is 17.0 Å². The van der Waals surface area contributed by atoms with Crippen LogP contribution in [-0.4, -0.2) is 38.9 Å². The molecule has 1 aliphatic heterocycles. The minimum absolute atomic E-state index is 0.0398. The highest BCUT2D eigenvalue weighted by molar-refractivity contribution is 7.89. The number of hydrogen-bond acceptors (Lipinski definition) is 5. The van der Waals surface area contributed by atoms with Crippen LogP contribution in [0.1, 0.15) is 20.8 Å². The maximum absolute atomic E-state index is 12.5. The molecule has 1 aliphatic rings. The fourth-order valence-corrected chi connectivity index (χ4v) is 4.34. The Morgan fingerprint density at radius 1 is 1.14 bits per heavy atom. The molecule has 0 spiro atoms. The zero-order valence-electron chi connectivity index (χ0n) is 16.4. The molecule has 0 aliphatic carbocycles. The van der Waals surface area contributed by atoms with Gasteiger partial charge in [-0.3, -0.25) is 14.5 Å². The SMILES string of the molecule is CC(C)(C)NS(=O)(=O)c1cccc(NC(=O)CN2C(=O)COc3ccccc32)c1. The van der Waals surface area contributed by atoms with E-state index in [0.717, 1.165) is 0 Å². The summed E-state index contributed by atoms with van der Waals surface area (Å²) in [6, 6.07) is 12.9. The molecule has 1 heterocycles. The first kappa shape index (κ1) is 20.8. The molecule has 0 atom stereocenters. The third-order valence-corrected chi connectivity index (χ3v) is 5.73. The second-order valence-electron chi connectivity index (χ2n) is 7.67. The summed E-state index contributed by atoms with van der Waals surface area (Å²) in [6.45, 7) is 4.88. The molecule has 0 aromatic heterocycles. The first-order valence-electron chi connectivity index (χ1n) is 9.01. The normalized spacial score (nSPS) is 14.2. The van der Waals surface area contributed by atoms with Crippen LogP contribution in [0.25, 0.3) is 0 Å². The number of sulfonamides is 1. The van der Waals surface area contributed by atoms with Gasteiger partial charge in [-0.2, -0.15) is 0 Å². The van der Waals surface area contributed by atoms with Crippen molar-refractivity contribution in [1.29, 1.82) is 0 Å². The minimum Gasteiger partial charge on any atom is -0.482 e. The molecular weight excluding hydrogens is 394 g/mol. The van der Waals surface area contributed by atoms with Gasteiger partial charge >= 0.3 is 0 Å². The highest BCUT2D eigenvalue weighted by atomic mass is 32.2. The molecule has 0 radical (unpaired) electrons. The van der Waals surface area contributed by atoms with E-state index in [0.29, 0.717) is 17.1 Å². The molecule has 0 fully saturated rings. The van der Waals surface area contributed by atoms with Gasteiger partial charge in [-0.25, -0.2) is 13.1 Å². The minimum atomic E-state index is -3.73. The summed E-state index contributed by atoms with van der Waals surface area (Å²) < 4.78 is 32.9. The molecule has 3 rings (SSSR count). The van der Waals surface area contributed by atoms with Crippen molar-refractivity contribution < 1.29 is 22.7 Å². The Morgan fingerprint density at radius 3 is 2.59 bits per heavy atom. The number of ether oxygens (including phenoxy) is 1. The summed E-state index contributed by atoms with van der Waals surface area (Å²) in [6.07, 6.45) is 0. The summed E-state index contributed by atoms with van der Waals surface area (Å²) in [4.78, 5) is 26.1. The molecule has 2 aromatic rings. The Morgan fingerprint density at radius 2 is 1.86 bits per heavy atom. The Labute approximate surface area is 169 Å². The van der Waals surface area contributed by atoms with E-state index < -0.39 is 21.5 Å². The maximum Gasteiger partial charge on any atom is 0.265 e. The summed E-state index contributed by atoms with van der Waals surface area (Å²) in [7, 11) is -3.73. The number of para-hydroxylation sites is 2. The number of amides is 2. The van der Waals surface area contributed by atoms with Gasteiger partial charge in [-0.15, -0.1) is 0 Å². The van der Waals surface area contributed by atoms with E-state index in [1.54, 1.807) is 57.2 Å². The Balaban J connectivity index is 1.75. The number of rotatable bonds is 5. The molecule has 2 amide bonds. The van der Waals surface area contributed by atoms with E-state index in [4.69, 9.17) is 4.74 Å². The standard InChI is InChI=1S/C20H23N3O5S/c1-20(2,3)22-29(26,27)15-8-6-7-14(11-15)21-18(24)12-23-16-9-4-5-10-17(16)28-13-19(23)25/h4-11,22H,12-13H2,1-3H3,(H,21,24). The summed E-state index contributed by atoms with van der Waals surface area (Å²) in [5.74, 6) is -0.251. The Hall–Kier alpha value is -2.91. The van der Waals surface area contributed by atoms with Gasteiger partial charge in [0.15, 0.2) is 6.61 Å². The van der Waals surface area contributed by atoms with Gasteiger partial charge in [0.1, 0.15) is 12.3 Å². The summed E-state index contributed by atoms with van der Waals surface area (Å²) >= 11 is 0. The van der Waals surface area contributed by atoms with Crippen LogP contribution in [0.3, 0.4) is 0 Å². The molecule has 29 heavy (non-hydrogen) atoms. The topological polar surface area (TPSA) is 105 Å². The van der Waals surface area contributed by atoms with Crippen LogP contribution in [0.4, 0.5) is 11.4 Å². The number of carbonyl (C=O) groups excluding carboxylic acids is 2. The molecule has 0 unspecified atom stereocenters. The van der Waals surface area contributed by atoms with Crippen LogP contribution in [0.5, 0.6) is 5.75 Å². The number of hydrogen-bond donors (Lipinski definition) is 2. The van der Waals surface area contributed by atoms with Crippen molar-refractivity contribution >= 4 is 33.2 Å². The monoisotopic (exact) mass is 417 g/mol. The number of benzene rings is 2. The highest BCUT2D eigenvalue weighted by Crippen LogP contribution is 2.31. The smallest absolute Gasteiger partial charge is 0.265 e. The van der Waals surface area contributed by atoms with Crippen LogP contribution in [0.2, 0.25) is 0 Å². The van der Waals surface area contributed by atoms with Crippen molar-refractivity contribution in [2.24, 2.45) is 0 Å². The summed E-state index contributed by atoms with van der Waals surface area (Å²) in [5.41, 5.74) is 0.202. The first-order chi connectivity index (χ1) is 13.5. The van der Waals surface area contributed by atoms with Gasteiger partial charge in [-0.1, -0.05) is 18.2 Å². The third-order valence-electron chi connectivity index (χ3n) is 3.98. The van der Waals surface area contributed by atoms with Gasteiger partial charge in [0, 0.05) is 11.2 Å².